The van der Waals surface area contributed by atoms with E-state index in [0.717, 1.165) is 18.0 Å². The molecule has 0 saturated carbocycles. The Kier molecular flexibility index (Phi) is 5.36. The summed E-state index contributed by atoms with van der Waals surface area (Å²) in [5, 5.41) is 3.52. The summed E-state index contributed by atoms with van der Waals surface area (Å²) in [5.74, 6) is 2.02. The van der Waals surface area contributed by atoms with Gasteiger partial charge in [0.2, 0.25) is 0 Å². The number of para-hydroxylation sites is 1. The van der Waals surface area contributed by atoms with E-state index in [9.17, 15) is 0 Å². The van der Waals surface area contributed by atoms with Crippen molar-refractivity contribution in [2.45, 2.75) is 25.3 Å². The minimum absolute atomic E-state index is 0.826. The molecule has 0 bridgehead atoms. The molecule has 2 nitrogen and oxygen atoms in total. The number of hydrogen-bond acceptors (Lipinski definition) is 3. The summed E-state index contributed by atoms with van der Waals surface area (Å²) in [5.41, 5.74) is 3.63. The number of benzene rings is 2. The molecule has 0 aliphatic heterocycles. The third-order valence-corrected chi connectivity index (χ3v) is 4.08. The predicted molar refractivity (Wildman–Crippen MR) is 87.9 cm³/mol. The van der Waals surface area contributed by atoms with Crippen molar-refractivity contribution in [3.05, 3.63) is 53.6 Å². The highest BCUT2D eigenvalue weighted by molar-refractivity contribution is 7.99. The molecule has 2 aromatic carbocycles. The lowest BCUT2D eigenvalue weighted by Crippen LogP contribution is -2.01. The summed E-state index contributed by atoms with van der Waals surface area (Å²) in [6, 6.07) is 14.8. The number of thioether (sulfide) groups is 1. The smallest absolute Gasteiger partial charge is 0.121 e. The monoisotopic (exact) mass is 287 g/mol. The number of ether oxygens (including phenoxy) is 1. The minimum Gasteiger partial charge on any atom is -0.496 e. The van der Waals surface area contributed by atoms with Gasteiger partial charge in [-0.3, -0.25) is 0 Å². The molecular weight excluding hydrogens is 266 g/mol. The lowest BCUT2D eigenvalue weighted by Gasteiger charge is -2.12. The highest BCUT2D eigenvalue weighted by Gasteiger charge is 2.03. The van der Waals surface area contributed by atoms with Crippen LogP contribution in [-0.4, -0.2) is 12.9 Å². The number of rotatable bonds is 6. The lowest BCUT2D eigenvalue weighted by molar-refractivity contribution is 0.411. The molecule has 0 amide bonds. The molecule has 0 aliphatic carbocycles. The Labute approximate surface area is 125 Å². The maximum atomic E-state index is 5.29. The van der Waals surface area contributed by atoms with Gasteiger partial charge in [0.1, 0.15) is 5.75 Å². The topological polar surface area (TPSA) is 21.3 Å². The van der Waals surface area contributed by atoms with Gasteiger partial charge in [-0.05, 0) is 42.0 Å². The van der Waals surface area contributed by atoms with Crippen molar-refractivity contribution in [1.29, 1.82) is 0 Å². The van der Waals surface area contributed by atoms with Gasteiger partial charge in [0.25, 0.3) is 0 Å². The van der Waals surface area contributed by atoms with Crippen LogP contribution in [0.5, 0.6) is 5.75 Å². The fourth-order valence-corrected chi connectivity index (χ4v) is 2.92. The first-order valence-corrected chi connectivity index (χ1v) is 7.82. The second-order valence-electron chi connectivity index (χ2n) is 4.59. The van der Waals surface area contributed by atoms with Gasteiger partial charge in [-0.2, -0.15) is 0 Å². The Bertz CT molecular complexity index is 569. The number of anilines is 1. The van der Waals surface area contributed by atoms with E-state index in [-0.39, 0.29) is 0 Å². The van der Waals surface area contributed by atoms with Crippen LogP contribution in [0.1, 0.15) is 18.1 Å². The molecule has 0 aromatic heterocycles. The molecule has 20 heavy (non-hydrogen) atoms. The van der Waals surface area contributed by atoms with Gasteiger partial charge in [-0.25, -0.2) is 0 Å². The number of methoxy groups -OCH3 is 1. The first-order valence-electron chi connectivity index (χ1n) is 6.83. The van der Waals surface area contributed by atoms with Crippen LogP contribution in [0.15, 0.2) is 47.4 Å². The zero-order valence-corrected chi connectivity index (χ0v) is 13.1. The molecule has 1 N–H and O–H groups in total. The Morgan fingerprint density at radius 1 is 1.15 bits per heavy atom. The molecule has 2 rings (SSSR count). The van der Waals surface area contributed by atoms with E-state index in [4.69, 9.17) is 4.74 Å². The maximum Gasteiger partial charge on any atom is 0.121 e. The summed E-state index contributed by atoms with van der Waals surface area (Å²) in [6.45, 7) is 5.07. The number of aryl methyl sites for hydroxylation is 1. The number of hydrogen-bond donors (Lipinski definition) is 1. The Morgan fingerprint density at radius 3 is 2.65 bits per heavy atom. The van der Waals surface area contributed by atoms with E-state index in [1.807, 2.05) is 17.8 Å². The molecule has 0 saturated heterocycles. The van der Waals surface area contributed by atoms with Gasteiger partial charge >= 0.3 is 0 Å². The van der Waals surface area contributed by atoms with Crippen molar-refractivity contribution in [3.8, 4) is 5.75 Å². The van der Waals surface area contributed by atoms with Crippen LogP contribution in [0.4, 0.5) is 5.69 Å². The second-order valence-corrected chi connectivity index (χ2v) is 5.89. The molecule has 106 valence electrons. The minimum atomic E-state index is 0.826. The van der Waals surface area contributed by atoms with Crippen molar-refractivity contribution < 1.29 is 4.74 Å². The summed E-state index contributed by atoms with van der Waals surface area (Å²) in [4.78, 5) is 1.31. The zero-order chi connectivity index (χ0) is 14.4. The second kappa shape index (κ2) is 7.25. The van der Waals surface area contributed by atoms with Crippen LogP contribution in [0.3, 0.4) is 0 Å². The standard InChI is InChI=1S/C17H21NOS/c1-4-20-17-8-6-5-7-15(17)18-12-14-9-10-16(19-3)13(2)11-14/h5-11,18H,4,12H2,1-3H3. The van der Waals surface area contributed by atoms with E-state index in [2.05, 4.69) is 55.6 Å². The highest BCUT2D eigenvalue weighted by atomic mass is 32.2. The van der Waals surface area contributed by atoms with Crippen LogP contribution in [0.25, 0.3) is 0 Å². The third kappa shape index (κ3) is 3.70. The molecular formula is C17H21NOS. The first kappa shape index (κ1) is 14.8. The van der Waals surface area contributed by atoms with Crippen molar-refractivity contribution in [1.82, 2.24) is 0 Å². The molecule has 0 unspecified atom stereocenters. The van der Waals surface area contributed by atoms with Crippen molar-refractivity contribution >= 4 is 17.4 Å². The van der Waals surface area contributed by atoms with Gasteiger partial charge in [-0.1, -0.05) is 31.2 Å². The molecule has 0 radical (unpaired) electrons. The molecule has 0 spiro atoms. The van der Waals surface area contributed by atoms with Crippen LogP contribution in [0.2, 0.25) is 0 Å². The van der Waals surface area contributed by atoms with Crippen LogP contribution in [-0.2, 0) is 6.54 Å². The summed E-state index contributed by atoms with van der Waals surface area (Å²) in [6.07, 6.45) is 0. The van der Waals surface area contributed by atoms with Gasteiger partial charge in [0.15, 0.2) is 0 Å². The van der Waals surface area contributed by atoms with E-state index in [1.165, 1.54) is 21.7 Å². The summed E-state index contributed by atoms with van der Waals surface area (Å²) in [7, 11) is 1.71. The quantitative estimate of drug-likeness (QED) is 0.776. The van der Waals surface area contributed by atoms with Crippen LogP contribution < -0.4 is 10.1 Å². The molecule has 3 heteroatoms. The Hall–Kier alpha value is -1.61. The fourth-order valence-electron chi connectivity index (χ4n) is 2.14. The zero-order valence-electron chi connectivity index (χ0n) is 12.3. The molecule has 0 fully saturated rings. The van der Waals surface area contributed by atoms with E-state index in [0.29, 0.717) is 0 Å². The van der Waals surface area contributed by atoms with Gasteiger partial charge in [0.05, 0.1) is 7.11 Å². The number of nitrogens with one attached hydrogen (secondary N) is 1. The Balaban J connectivity index is 2.07. The highest BCUT2D eigenvalue weighted by Crippen LogP contribution is 2.27. The average molecular weight is 287 g/mol. The molecule has 0 atom stereocenters. The predicted octanol–water partition coefficient (Wildman–Crippen LogP) is 4.73. The third-order valence-electron chi connectivity index (χ3n) is 3.13. The van der Waals surface area contributed by atoms with Crippen molar-refractivity contribution in [2.75, 3.05) is 18.2 Å². The van der Waals surface area contributed by atoms with Crippen molar-refractivity contribution in [2.24, 2.45) is 0 Å². The summed E-state index contributed by atoms with van der Waals surface area (Å²) >= 11 is 1.86. The lowest BCUT2D eigenvalue weighted by atomic mass is 10.1. The normalized spacial score (nSPS) is 10.3. The largest absolute Gasteiger partial charge is 0.496 e. The fraction of sp³-hybridized carbons (Fsp3) is 0.294. The molecule has 0 aliphatic rings. The van der Waals surface area contributed by atoms with Gasteiger partial charge < -0.3 is 10.1 Å². The van der Waals surface area contributed by atoms with Crippen LogP contribution in [0, 0.1) is 6.92 Å². The van der Waals surface area contributed by atoms with Crippen molar-refractivity contribution in [3.63, 3.8) is 0 Å². The maximum absolute atomic E-state index is 5.29. The first-order chi connectivity index (χ1) is 9.74. The molecule has 0 heterocycles. The van der Waals surface area contributed by atoms with Crippen LogP contribution >= 0.6 is 11.8 Å². The van der Waals surface area contributed by atoms with Gasteiger partial charge in [0, 0.05) is 17.1 Å². The van der Waals surface area contributed by atoms with Gasteiger partial charge in [-0.15, -0.1) is 11.8 Å². The SMILES string of the molecule is CCSc1ccccc1NCc1ccc(OC)c(C)c1. The summed E-state index contributed by atoms with van der Waals surface area (Å²) < 4.78 is 5.29. The Morgan fingerprint density at radius 2 is 1.95 bits per heavy atom. The van der Waals surface area contributed by atoms with E-state index < -0.39 is 0 Å². The molecule has 2 aromatic rings. The van der Waals surface area contributed by atoms with E-state index in [1.54, 1.807) is 7.11 Å². The van der Waals surface area contributed by atoms with E-state index >= 15 is 0 Å². The average Bonchev–Trinajstić information content (AvgIpc) is 2.47.